The molecule has 0 aromatic heterocycles. The van der Waals surface area contributed by atoms with E-state index in [-0.39, 0.29) is 11.3 Å². The molecule has 0 aliphatic heterocycles. The molecule has 1 amide bonds. The number of carbonyl (C=O) groups excluding carboxylic acids is 1. The van der Waals surface area contributed by atoms with Gasteiger partial charge in [-0.15, -0.1) is 0 Å². The van der Waals surface area contributed by atoms with Crippen LogP contribution in [0.15, 0.2) is 0 Å². The second kappa shape index (κ2) is 6.60. The molecule has 0 radical (unpaired) electrons. The van der Waals surface area contributed by atoms with Gasteiger partial charge in [0.25, 0.3) is 0 Å². The van der Waals surface area contributed by atoms with Crippen molar-refractivity contribution < 1.29 is 4.79 Å². The van der Waals surface area contributed by atoms with Crippen molar-refractivity contribution in [2.75, 3.05) is 11.9 Å². The molecular weight excluding hydrogens is 302 g/mol. The first-order chi connectivity index (χ1) is 9.02. The van der Waals surface area contributed by atoms with Gasteiger partial charge in [-0.2, -0.15) is 0 Å². The molecule has 3 atom stereocenters. The van der Waals surface area contributed by atoms with Crippen molar-refractivity contribution in [1.29, 1.82) is 0 Å². The molecule has 2 nitrogen and oxygen atoms in total. The lowest BCUT2D eigenvalue weighted by molar-refractivity contribution is -0.127. The Morgan fingerprint density at radius 2 is 1.84 bits per heavy atom. The number of amides is 1. The van der Waals surface area contributed by atoms with Crippen molar-refractivity contribution in [1.82, 2.24) is 5.32 Å². The molecule has 0 saturated heterocycles. The summed E-state index contributed by atoms with van der Waals surface area (Å²) in [6.45, 7) is 5.14. The molecule has 2 aliphatic rings. The number of carbonyl (C=O) groups is 1. The van der Waals surface area contributed by atoms with Gasteiger partial charge in [-0.3, -0.25) is 4.79 Å². The van der Waals surface area contributed by atoms with Crippen LogP contribution in [0.25, 0.3) is 0 Å². The minimum Gasteiger partial charge on any atom is -0.355 e. The summed E-state index contributed by atoms with van der Waals surface area (Å²) in [5.74, 6) is 2.35. The Morgan fingerprint density at radius 1 is 1.16 bits per heavy atom. The van der Waals surface area contributed by atoms with Crippen LogP contribution in [-0.2, 0) is 4.79 Å². The van der Waals surface area contributed by atoms with E-state index in [1.807, 2.05) is 0 Å². The maximum atomic E-state index is 12.3. The van der Waals surface area contributed by atoms with E-state index in [1.54, 1.807) is 0 Å². The third kappa shape index (κ3) is 4.21. The van der Waals surface area contributed by atoms with E-state index in [0.717, 1.165) is 36.6 Å². The van der Waals surface area contributed by atoms with Crippen LogP contribution < -0.4 is 5.32 Å². The third-order valence-electron chi connectivity index (χ3n) is 5.01. The second-order valence-corrected chi connectivity index (χ2v) is 7.89. The fourth-order valence-electron chi connectivity index (χ4n) is 3.63. The molecule has 0 heterocycles. The van der Waals surface area contributed by atoms with E-state index in [0.29, 0.717) is 5.91 Å². The summed E-state index contributed by atoms with van der Waals surface area (Å²) in [6.07, 6.45) is 9.11. The van der Waals surface area contributed by atoms with Crippen LogP contribution >= 0.6 is 15.9 Å². The average Bonchev–Trinajstić information content (AvgIpc) is 2.44. The van der Waals surface area contributed by atoms with Crippen molar-refractivity contribution in [2.45, 2.75) is 58.8 Å². The molecule has 19 heavy (non-hydrogen) atoms. The predicted octanol–water partition coefficient (Wildman–Crippen LogP) is 4.13. The Kier molecular flexibility index (Phi) is 5.33. The van der Waals surface area contributed by atoms with Crippen LogP contribution in [0, 0.1) is 23.2 Å². The predicted molar refractivity (Wildman–Crippen MR) is 83.4 cm³/mol. The van der Waals surface area contributed by atoms with Gasteiger partial charge in [-0.25, -0.2) is 0 Å². The van der Waals surface area contributed by atoms with Crippen molar-refractivity contribution in [2.24, 2.45) is 23.2 Å². The Morgan fingerprint density at radius 3 is 2.53 bits per heavy atom. The first-order valence-electron chi connectivity index (χ1n) is 7.85. The van der Waals surface area contributed by atoms with Gasteiger partial charge in [0.2, 0.25) is 5.91 Å². The molecular formula is C16H28BrNO. The fourth-order valence-corrected chi connectivity index (χ4v) is 3.83. The first kappa shape index (κ1) is 15.3. The smallest absolute Gasteiger partial charge is 0.223 e. The highest BCUT2D eigenvalue weighted by atomic mass is 79.9. The van der Waals surface area contributed by atoms with Gasteiger partial charge in [0, 0.05) is 17.8 Å². The van der Waals surface area contributed by atoms with Gasteiger partial charge in [0.15, 0.2) is 0 Å². The summed E-state index contributed by atoms with van der Waals surface area (Å²) in [5.41, 5.74) is 0.150. The molecule has 0 spiro atoms. The number of fused-ring (bicyclic) bond motifs is 1. The molecule has 2 saturated carbocycles. The van der Waals surface area contributed by atoms with E-state index in [1.165, 1.54) is 32.1 Å². The van der Waals surface area contributed by atoms with Gasteiger partial charge in [-0.05, 0) is 36.5 Å². The number of hydrogen-bond acceptors (Lipinski definition) is 1. The monoisotopic (exact) mass is 329 g/mol. The number of halogens is 1. The largest absolute Gasteiger partial charge is 0.355 e. The topological polar surface area (TPSA) is 29.1 Å². The van der Waals surface area contributed by atoms with Crippen molar-refractivity contribution in [3.63, 3.8) is 0 Å². The summed E-state index contributed by atoms with van der Waals surface area (Å²) in [4.78, 5) is 12.3. The quantitative estimate of drug-likeness (QED) is 0.772. The second-order valence-electron chi connectivity index (χ2n) is 7.33. The van der Waals surface area contributed by atoms with Crippen molar-refractivity contribution in [3.05, 3.63) is 0 Å². The number of nitrogens with one attached hydrogen (secondary N) is 1. The maximum Gasteiger partial charge on any atom is 0.223 e. The fraction of sp³-hybridized carbons (Fsp3) is 0.938. The SMILES string of the molecule is CC(C)(CBr)CNC(=O)C1CCC2CCCCC2C1. The molecule has 0 aromatic rings. The highest BCUT2D eigenvalue weighted by molar-refractivity contribution is 9.09. The Labute approximate surface area is 126 Å². The van der Waals surface area contributed by atoms with Gasteiger partial charge in [-0.1, -0.05) is 55.5 Å². The standard InChI is InChI=1S/C16H28BrNO/c1-16(2,10-17)11-18-15(19)14-8-7-12-5-3-4-6-13(12)9-14/h12-14H,3-11H2,1-2H3,(H,18,19). The van der Waals surface area contributed by atoms with Crippen LogP contribution in [0.3, 0.4) is 0 Å². The van der Waals surface area contributed by atoms with Crippen LogP contribution in [0.4, 0.5) is 0 Å². The van der Waals surface area contributed by atoms with E-state index >= 15 is 0 Å². The van der Waals surface area contributed by atoms with E-state index in [4.69, 9.17) is 0 Å². The van der Waals surface area contributed by atoms with Gasteiger partial charge in [0.05, 0.1) is 0 Å². The number of alkyl halides is 1. The Balaban J connectivity index is 1.80. The lowest BCUT2D eigenvalue weighted by Gasteiger charge is -2.39. The molecule has 0 bridgehead atoms. The highest BCUT2D eigenvalue weighted by Gasteiger charge is 2.35. The van der Waals surface area contributed by atoms with Crippen LogP contribution in [-0.4, -0.2) is 17.8 Å². The number of hydrogen-bond donors (Lipinski definition) is 1. The summed E-state index contributed by atoms with van der Waals surface area (Å²) in [5, 5.41) is 4.10. The van der Waals surface area contributed by atoms with Crippen LogP contribution in [0.1, 0.15) is 58.8 Å². The zero-order chi connectivity index (χ0) is 13.9. The van der Waals surface area contributed by atoms with Gasteiger partial charge >= 0.3 is 0 Å². The Hall–Kier alpha value is -0.0500. The summed E-state index contributed by atoms with van der Waals surface area (Å²) in [6, 6.07) is 0. The molecule has 2 fully saturated rings. The Bertz CT molecular complexity index is 316. The molecule has 2 aliphatic carbocycles. The normalized spacial score (nSPS) is 31.6. The molecule has 3 heteroatoms. The lowest BCUT2D eigenvalue weighted by Crippen LogP contribution is -2.41. The molecule has 1 N–H and O–H groups in total. The van der Waals surface area contributed by atoms with Gasteiger partial charge in [0.1, 0.15) is 0 Å². The van der Waals surface area contributed by atoms with Crippen molar-refractivity contribution in [3.8, 4) is 0 Å². The summed E-state index contributed by atoms with van der Waals surface area (Å²) in [7, 11) is 0. The highest BCUT2D eigenvalue weighted by Crippen LogP contribution is 2.42. The first-order valence-corrected chi connectivity index (χ1v) is 8.98. The lowest BCUT2D eigenvalue weighted by atomic mass is 9.67. The molecule has 110 valence electrons. The van der Waals surface area contributed by atoms with Crippen LogP contribution in [0.5, 0.6) is 0 Å². The van der Waals surface area contributed by atoms with E-state index in [2.05, 4.69) is 35.1 Å². The number of rotatable bonds is 4. The molecule has 3 unspecified atom stereocenters. The minimum atomic E-state index is 0.150. The maximum absolute atomic E-state index is 12.3. The summed E-state index contributed by atoms with van der Waals surface area (Å²) >= 11 is 3.51. The zero-order valence-electron chi connectivity index (χ0n) is 12.4. The van der Waals surface area contributed by atoms with Gasteiger partial charge < -0.3 is 5.32 Å². The average molecular weight is 330 g/mol. The van der Waals surface area contributed by atoms with E-state index in [9.17, 15) is 4.79 Å². The van der Waals surface area contributed by atoms with Crippen molar-refractivity contribution >= 4 is 21.8 Å². The zero-order valence-corrected chi connectivity index (χ0v) is 14.0. The minimum absolute atomic E-state index is 0.150. The van der Waals surface area contributed by atoms with E-state index < -0.39 is 0 Å². The molecule has 2 rings (SSSR count). The summed E-state index contributed by atoms with van der Waals surface area (Å²) < 4.78 is 0. The van der Waals surface area contributed by atoms with Crippen LogP contribution in [0.2, 0.25) is 0 Å². The molecule has 0 aromatic carbocycles. The third-order valence-corrected chi connectivity index (χ3v) is 6.53.